The van der Waals surface area contributed by atoms with E-state index in [0.29, 0.717) is 23.1 Å². The van der Waals surface area contributed by atoms with E-state index in [1.807, 2.05) is 6.07 Å². The van der Waals surface area contributed by atoms with Crippen LogP contribution < -0.4 is 5.32 Å². The lowest BCUT2D eigenvalue weighted by Gasteiger charge is -2.13. The van der Waals surface area contributed by atoms with Crippen molar-refractivity contribution in [1.82, 2.24) is 5.32 Å². The molecule has 5 heteroatoms. The fourth-order valence-electron chi connectivity index (χ4n) is 1.64. The highest BCUT2D eigenvalue weighted by Gasteiger charge is 2.19. The number of aliphatic carboxylic acids is 1. The summed E-state index contributed by atoms with van der Waals surface area (Å²) in [6.07, 6.45) is 0. The Morgan fingerprint density at radius 1 is 1.28 bits per heavy atom. The molecule has 2 rings (SSSR count). The summed E-state index contributed by atoms with van der Waals surface area (Å²) >= 11 is 5.64. The van der Waals surface area contributed by atoms with Crippen LogP contribution in [-0.4, -0.2) is 11.1 Å². The van der Waals surface area contributed by atoms with E-state index in [4.69, 9.17) is 16.0 Å². The molecule has 0 saturated heterocycles. The summed E-state index contributed by atoms with van der Waals surface area (Å²) in [5.41, 5.74) is 0.697. The highest BCUT2D eigenvalue weighted by Crippen LogP contribution is 2.16. The fourth-order valence-corrected chi connectivity index (χ4v) is 1.80. The van der Waals surface area contributed by atoms with E-state index >= 15 is 0 Å². The van der Waals surface area contributed by atoms with Gasteiger partial charge in [-0.05, 0) is 29.3 Å². The summed E-state index contributed by atoms with van der Waals surface area (Å²) in [6, 6.07) is 11.5. The lowest BCUT2D eigenvalue weighted by Crippen LogP contribution is -2.27. The van der Waals surface area contributed by atoms with Gasteiger partial charge < -0.3 is 9.52 Å². The predicted molar refractivity (Wildman–Crippen MR) is 67.4 cm³/mol. The van der Waals surface area contributed by atoms with Gasteiger partial charge in [0.15, 0.2) is 5.22 Å². The average Bonchev–Trinajstić information content (AvgIpc) is 2.76. The van der Waals surface area contributed by atoms with Crippen LogP contribution in [0.25, 0.3) is 0 Å². The van der Waals surface area contributed by atoms with Crippen LogP contribution in [0.4, 0.5) is 0 Å². The molecule has 0 saturated carbocycles. The highest BCUT2D eigenvalue weighted by molar-refractivity contribution is 6.28. The largest absolute Gasteiger partial charge is 0.480 e. The Bertz CT molecular complexity index is 524. The molecule has 1 aromatic carbocycles. The van der Waals surface area contributed by atoms with Crippen molar-refractivity contribution in [3.63, 3.8) is 0 Å². The van der Waals surface area contributed by atoms with E-state index in [1.54, 1.807) is 36.4 Å². The number of halogens is 1. The van der Waals surface area contributed by atoms with Crippen LogP contribution >= 0.6 is 11.6 Å². The third-order valence-electron chi connectivity index (χ3n) is 2.49. The Morgan fingerprint density at radius 2 is 2.00 bits per heavy atom. The molecule has 1 aromatic heterocycles. The topological polar surface area (TPSA) is 62.5 Å². The molecule has 18 heavy (non-hydrogen) atoms. The standard InChI is InChI=1S/C13H12ClNO3/c14-11-7-6-10(18-11)8-15-12(13(16)17)9-4-2-1-3-5-9/h1-7,12,15H,8H2,(H,16,17). The molecule has 0 aliphatic rings. The van der Waals surface area contributed by atoms with Gasteiger partial charge in [0, 0.05) is 0 Å². The van der Waals surface area contributed by atoms with Crippen molar-refractivity contribution in [2.24, 2.45) is 0 Å². The Morgan fingerprint density at radius 3 is 2.56 bits per heavy atom. The molecular formula is C13H12ClNO3. The van der Waals surface area contributed by atoms with Crippen LogP contribution in [0.1, 0.15) is 17.4 Å². The van der Waals surface area contributed by atoms with Gasteiger partial charge in [-0.3, -0.25) is 10.1 Å². The normalized spacial score (nSPS) is 12.3. The minimum atomic E-state index is -0.932. The number of carboxylic acids is 1. The monoisotopic (exact) mass is 265 g/mol. The summed E-state index contributed by atoms with van der Waals surface area (Å²) < 4.78 is 5.16. The molecule has 1 heterocycles. The van der Waals surface area contributed by atoms with E-state index < -0.39 is 12.0 Å². The quantitative estimate of drug-likeness (QED) is 0.873. The Balaban J connectivity index is 2.06. The second kappa shape index (κ2) is 5.71. The number of hydrogen-bond donors (Lipinski definition) is 2. The van der Waals surface area contributed by atoms with Crippen LogP contribution in [0.3, 0.4) is 0 Å². The van der Waals surface area contributed by atoms with Gasteiger partial charge in [0.25, 0.3) is 0 Å². The highest BCUT2D eigenvalue weighted by atomic mass is 35.5. The number of rotatable bonds is 5. The van der Waals surface area contributed by atoms with Crippen LogP contribution in [0.2, 0.25) is 5.22 Å². The first-order valence-corrected chi connectivity index (χ1v) is 5.80. The number of nitrogens with one attached hydrogen (secondary N) is 1. The SMILES string of the molecule is O=C(O)C(NCc1ccc(Cl)o1)c1ccccc1. The van der Waals surface area contributed by atoms with E-state index in [-0.39, 0.29) is 0 Å². The first-order valence-electron chi connectivity index (χ1n) is 5.42. The van der Waals surface area contributed by atoms with Gasteiger partial charge in [0.1, 0.15) is 11.8 Å². The van der Waals surface area contributed by atoms with Crippen molar-refractivity contribution < 1.29 is 14.3 Å². The summed E-state index contributed by atoms with van der Waals surface area (Å²) in [5.74, 6) is -0.332. The van der Waals surface area contributed by atoms with Gasteiger partial charge in [0.2, 0.25) is 0 Å². The smallest absolute Gasteiger partial charge is 0.325 e. The maximum Gasteiger partial charge on any atom is 0.325 e. The maximum absolute atomic E-state index is 11.2. The lowest BCUT2D eigenvalue weighted by atomic mass is 10.1. The molecule has 0 fully saturated rings. The predicted octanol–water partition coefficient (Wildman–Crippen LogP) is 2.85. The zero-order chi connectivity index (χ0) is 13.0. The molecule has 2 N–H and O–H groups in total. The Hall–Kier alpha value is -1.78. The van der Waals surface area contributed by atoms with Crippen LogP contribution in [-0.2, 0) is 11.3 Å². The van der Waals surface area contributed by atoms with E-state index in [1.165, 1.54) is 0 Å². The third kappa shape index (κ3) is 3.12. The number of carbonyl (C=O) groups is 1. The summed E-state index contributed by atoms with van der Waals surface area (Å²) in [5, 5.41) is 12.4. The zero-order valence-electron chi connectivity index (χ0n) is 9.47. The maximum atomic E-state index is 11.2. The first-order chi connectivity index (χ1) is 8.66. The summed E-state index contributed by atoms with van der Waals surface area (Å²) in [7, 11) is 0. The van der Waals surface area contributed by atoms with Gasteiger partial charge in [-0.1, -0.05) is 30.3 Å². The minimum absolute atomic E-state index is 0.290. The van der Waals surface area contributed by atoms with Crippen molar-refractivity contribution in [1.29, 1.82) is 0 Å². The minimum Gasteiger partial charge on any atom is -0.480 e. The first kappa shape index (κ1) is 12.7. The van der Waals surface area contributed by atoms with E-state index in [0.717, 1.165) is 0 Å². The Labute approximate surface area is 109 Å². The molecule has 0 spiro atoms. The molecule has 1 unspecified atom stereocenters. The lowest BCUT2D eigenvalue weighted by molar-refractivity contribution is -0.139. The van der Waals surface area contributed by atoms with Crippen LogP contribution in [0.5, 0.6) is 0 Å². The third-order valence-corrected chi connectivity index (χ3v) is 2.69. The molecule has 0 amide bonds. The molecule has 4 nitrogen and oxygen atoms in total. The Kier molecular flexibility index (Phi) is 4.02. The molecule has 1 atom stereocenters. The number of carboxylic acid groups (broad SMARTS) is 1. The van der Waals surface area contributed by atoms with Crippen LogP contribution in [0, 0.1) is 0 Å². The van der Waals surface area contributed by atoms with Crippen molar-refractivity contribution >= 4 is 17.6 Å². The van der Waals surface area contributed by atoms with Crippen molar-refractivity contribution in [2.75, 3.05) is 0 Å². The summed E-state index contributed by atoms with van der Waals surface area (Å²) in [4.78, 5) is 11.2. The number of furan rings is 1. The fraction of sp³-hybridized carbons (Fsp3) is 0.154. The van der Waals surface area contributed by atoms with E-state index in [2.05, 4.69) is 5.32 Å². The van der Waals surface area contributed by atoms with Crippen molar-refractivity contribution in [3.8, 4) is 0 Å². The van der Waals surface area contributed by atoms with Gasteiger partial charge in [-0.2, -0.15) is 0 Å². The second-order valence-electron chi connectivity index (χ2n) is 3.77. The molecule has 2 aromatic rings. The molecule has 0 radical (unpaired) electrons. The molecule has 0 aliphatic carbocycles. The molecule has 94 valence electrons. The number of benzene rings is 1. The average molecular weight is 266 g/mol. The zero-order valence-corrected chi connectivity index (χ0v) is 10.2. The van der Waals surface area contributed by atoms with Gasteiger partial charge in [-0.15, -0.1) is 0 Å². The molecular weight excluding hydrogens is 254 g/mol. The van der Waals surface area contributed by atoms with Crippen molar-refractivity contribution in [3.05, 3.63) is 59.0 Å². The molecule has 0 aliphatic heterocycles. The van der Waals surface area contributed by atoms with Crippen LogP contribution in [0.15, 0.2) is 46.9 Å². The second-order valence-corrected chi connectivity index (χ2v) is 4.14. The van der Waals surface area contributed by atoms with E-state index in [9.17, 15) is 9.90 Å². The van der Waals surface area contributed by atoms with Gasteiger partial charge in [-0.25, -0.2) is 0 Å². The summed E-state index contributed by atoms with van der Waals surface area (Å²) in [6.45, 7) is 0.304. The van der Waals surface area contributed by atoms with Crippen molar-refractivity contribution in [2.45, 2.75) is 12.6 Å². The molecule has 0 bridgehead atoms. The number of hydrogen-bond acceptors (Lipinski definition) is 3. The van der Waals surface area contributed by atoms with Gasteiger partial charge >= 0.3 is 5.97 Å². The van der Waals surface area contributed by atoms with Gasteiger partial charge in [0.05, 0.1) is 6.54 Å².